The molecule has 2 N–H and O–H groups in total. The lowest BCUT2D eigenvalue weighted by atomic mass is 9.93. The van der Waals surface area contributed by atoms with E-state index in [0.717, 1.165) is 74.2 Å². The van der Waals surface area contributed by atoms with Crippen LogP contribution in [-0.4, -0.2) is 53.6 Å². The first-order chi connectivity index (χ1) is 17.3. The molecule has 1 aromatic carbocycles. The number of aromatic nitrogens is 3. The molecular weight excluding hydrogens is 476 g/mol. The van der Waals surface area contributed by atoms with Crippen LogP contribution in [0, 0.1) is 5.82 Å². The predicted molar refractivity (Wildman–Crippen MR) is 130 cm³/mol. The van der Waals surface area contributed by atoms with Crippen molar-refractivity contribution in [1.29, 1.82) is 0 Å². The summed E-state index contributed by atoms with van der Waals surface area (Å²) in [5.41, 5.74) is -0.301. The molecule has 0 bridgehead atoms. The van der Waals surface area contributed by atoms with Gasteiger partial charge in [-0.15, -0.1) is 0 Å². The van der Waals surface area contributed by atoms with Crippen molar-refractivity contribution in [3.63, 3.8) is 0 Å². The summed E-state index contributed by atoms with van der Waals surface area (Å²) >= 11 is 0. The molecule has 1 aliphatic carbocycles. The molecule has 1 aliphatic heterocycles. The summed E-state index contributed by atoms with van der Waals surface area (Å²) in [4.78, 5) is 6.83. The van der Waals surface area contributed by atoms with Gasteiger partial charge in [-0.1, -0.05) is 6.07 Å². The van der Waals surface area contributed by atoms with Gasteiger partial charge >= 0.3 is 6.18 Å². The van der Waals surface area contributed by atoms with Crippen molar-refractivity contribution in [1.82, 2.24) is 20.1 Å². The van der Waals surface area contributed by atoms with E-state index in [-0.39, 0.29) is 17.9 Å². The zero-order valence-corrected chi connectivity index (χ0v) is 20.1. The Labute approximate surface area is 206 Å². The fourth-order valence-corrected chi connectivity index (χ4v) is 5.09. The van der Waals surface area contributed by atoms with Gasteiger partial charge in [0.1, 0.15) is 5.82 Å². The molecule has 3 heterocycles. The molecule has 5 rings (SSSR count). The van der Waals surface area contributed by atoms with Gasteiger partial charge in [0.05, 0.1) is 28.6 Å². The summed E-state index contributed by atoms with van der Waals surface area (Å²) in [6.45, 7) is 6.29. The Kier molecular flexibility index (Phi) is 6.92. The van der Waals surface area contributed by atoms with Crippen molar-refractivity contribution in [2.24, 2.45) is 0 Å². The second-order valence-corrected chi connectivity index (χ2v) is 9.29. The Bertz CT molecular complexity index is 1200. The van der Waals surface area contributed by atoms with Crippen LogP contribution in [0.5, 0.6) is 5.75 Å². The minimum Gasteiger partial charge on any atom is -0.487 e. The first kappa shape index (κ1) is 24.6. The lowest BCUT2D eigenvalue weighted by Gasteiger charge is -2.30. The number of nitrogens with one attached hydrogen (secondary N) is 2. The van der Waals surface area contributed by atoms with E-state index in [4.69, 9.17) is 9.84 Å². The minimum atomic E-state index is -4.76. The lowest BCUT2D eigenvalue weighted by Crippen LogP contribution is -2.43. The van der Waals surface area contributed by atoms with Crippen LogP contribution in [0.2, 0.25) is 0 Å². The number of rotatable bonds is 6. The smallest absolute Gasteiger partial charge is 0.419 e. The van der Waals surface area contributed by atoms with E-state index in [0.29, 0.717) is 12.8 Å². The molecule has 0 radical (unpaired) electrons. The number of nitrogens with zero attached hydrogens (tertiary/aromatic N) is 4. The van der Waals surface area contributed by atoms with Crippen LogP contribution in [0.25, 0.3) is 10.9 Å². The molecule has 1 saturated carbocycles. The first-order valence-electron chi connectivity index (χ1n) is 12.4. The van der Waals surface area contributed by atoms with Crippen LogP contribution in [0.15, 0.2) is 30.5 Å². The summed E-state index contributed by atoms with van der Waals surface area (Å²) in [6, 6.07) is 5.29. The molecule has 1 saturated heterocycles. The number of fused-ring (bicyclic) bond motifs is 1. The standard InChI is InChI=1S/C25H30F4N6O/c1-2-31-22-14-20-18(15-32-22)24(34-12-10-30-11-13-34)33-35(20)16-6-8-17(9-7-16)36-21-5-3-4-19(23(21)26)25(27,28)29/h3-5,14-17,30H,2,6-13H2,1H3,(H,31,32)/t16-,17+. The zero-order chi connectivity index (χ0) is 25.3. The van der Waals surface area contributed by atoms with E-state index in [1.54, 1.807) is 0 Å². The van der Waals surface area contributed by atoms with Gasteiger partial charge in [-0.05, 0) is 44.7 Å². The van der Waals surface area contributed by atoms with Crippen molar-refractivity contribution < 1.29 is 22.3 Å². The first-order valence-corrected chi connectivity index (χ1v) is 12.4. The van der Waals surface area contributed by atoms with Crippen LogP contribution in [-0.2, 0) is 6.18 Å². The maximum atomic E-state index is 14.4. The average Bonchev–Trinajstić information content (AvgIpc) is 3.25. The molecule has 36 heavy (non-hydrogen) atoms. The Morgan fingerprint density at radius 1 is 1.14 bits per heavy atom. The van der Waals surface area contributed by atoms with E-state index >= 15 is 0 Å². The summed E-state index contributed by atoms with van der Waals surface area (Å²) in [6.07, 6.45) is -0.604. The molecule has 3 aromatic rings. The molecule has 11 heteroatoms. The lowest BCUT2D eigenvalue weighted by molar-refractivity contribution is -0.140. The molecule has 0 spiro atoms. The topological polar surface area (TPSA) is 67.2 Å². The van der Waals surface area contributed by atoms with Gasteiger partial charge < -0.3 is 20.3 Å². The number of pyridine rings is 1. The molecule has 2 fully saturated rings. The van der Waals surface area contributed by atoms with Gasteiger partial charge in [-0.25, -0.2) is 9.37 Å². The summed E-state index contributed by atoms with van der Waals surface area (Å²) in [5.74, 6) is 0.0102. The second-order valence-electron chi connectivity index (χ2n) is 9.29. The van der Waals surface area contributed by atoms with Crippen LogP contribution in [0.3, 0.4) is 0 Å². The maximum absolute atomic E-state index is 14.4. The van der Waals surface area contributed by atoms with Crippen LogP contribution in [0.1, 0.15) is 44.2 Å². The minimum absolute atomic E-state index is 0.104. The van der Waals surface area contributed by atoms with Gasteiger partial charge in [-0.3, -0.25) is 4.68 Å². The van der Waals surface area contributed by atoms with Crippen molar-refractivity contribution in [3.05, 3.63) is 41.8 Å². The maximum Gasteiger partial charge on any atom is 0.419 e. The summed E-state index contributed by atoms with van der Waals surface area (Å²) < 4.78 is 61.4. The van der Waals surface area contributed by atoms with Crippen molar-refractivity contribution in [2.45, 2.75) is 50.9 Å². The Morgan fingerprint density at radius 3 is 2.58 bits per heavy atom. The van der Waals surface area contributed by atoms with Crippen LogP contribution >= 0.6 is 0 Å². The highest BCUT2D eigenvalue weighted by Crippen LogP contribution is 2.38. The van der Waals surface area contributed by atoms with E-state index in [1.165, 1.54) is 12.1 Å². The highest BCUT2D eigenvalue weighted by atomic mass is 19.4. The van der Waals surface area contributed by atoms with Gasteiger partial charge in [0.25, 0.3) is 0 Å². The normalized spacial score (nSPS) is 21.1. The highest BCUT2D eigenvalue weighted by molar-refractivity contribution is 5.91. The summed E-state index contributed by atoms with van der Waals surface area (Å²) in [5, 5.41) is 12.6. The third-order valence-electron chi connectivity index (χ3n) is 6.90. The number of ether oxygens (including phenoxy) is 1. The fraction of sp³-hybridized carbons (Fsp3) is 0.520. The Hall–Kier alpha value is -3.08. The van der Waals surface area contributed by atoms with E-state index in [1.807, 2.05) is 19.2 Å². The molecule has 0 unspecified atom stereocenters. The number of halogens is 4. The van der Waals surface area contributed by atoms with Gasteiger partial charge in [0.2, 0.25) is 0 Å². The van der Waals surface area contributed by atoms with E-state index < -0.39 is 17.6 Å². The van der Waals surface area contributed by atoms with Crippen molar-refractivity contribution in [2.75, 3.05) is 42.9 Å². The van der Waals surface area contributed by atoms with E-state index in [9.17, 15) is 17.6 Å². The third-order valence-corrected chi connectivity index (χ3v) is 6.90. The monoisotopic (exact) mass is 506 g/mol. The van der Waals surface area contributed by atoms with Crippen LogP contribution in [0.4, 0.5) is 29.2 Å². The molecule has 2 aliphatic rings. The predicted octanol–water partition coefficient (Wildman–Crippen LogP) is 4.99. The Morgan fingerprint density at radius 2 is 1.89 bits per heavy atom. The molecule has 2 aromatic heterocycles. The zero-order valence-electron chi connectivity index (χ0n) is 20.1. The quantitative estimate of drug-likeness (QED) is 0.459. The Balaban J connectivity index is 1.35. The van der Waals surface area contributed by atoms with Crippen LogP contribution < -0.4 is 20.3 Å². The number of anilines is 2. The van der Waals surface area contributed by atoms with Crippen molar-refractivity contribution in [3.8, 4) is 5.75 Å². The average molecular weight is 507 g/mol. The van der Waals surface area contributed by atoms with Crippen molar-refractivity contribution >= 4 is 22.5 Å². The van der Waals surface area contributed by atoms with Gasteiger partial charge in [-0.2, -0.15) is 18.3 Å². The van der Waals surface area contributed by atoms with E-state index in [2.05, 4.69) is 25.2 Å². The van der Waals surface area contributed by atoms with Gasteiger partial charge in [0.15, 0.2) is 17.4 Å². The fourth-order valence-electron chi connectivity index (χ4n) is 5.09. The number of hydrogen-bond donors (Lipinski definition) is 2. The third kappa shape index (κ3) is 4.93. The molecule has 194 valence electrons. The molecule has 0 amide bonds. The molecule has 0 atom stereocenters. The molecular formula is C25H30F4N6O. The SMILES string of the molecule is CCNc1cc2c(cn1)c(N1CCNCC1)nn2[C@H]1CC[C@@H](Oc2cccc(C(F)(F)F)c2F)CC1. The summed E-state index contributed by atoms with van der Waals surface area (Å²) in [7, 11) is 0. The highest BCUT2D eigenvalue weighted by Gasteiger charge is 2.36. The number of alkyl halides is 3. The number of hydrogen-bond acceptors (Lipinski definition) is 6. The number of piperazine rings is 1. The van der Waals surface area contributed by atoms with Gasteiger partial charge in [0, 0.05) is 45.0 Å². The largest absolute Gasteiger partial charge is 0.487 e. The molecule has 7 nitrogen and oxygen atoms in total. The second kappa shape index (κ2) is 10.1. The number of benzene rings is 1.